The van der Waals surface area contributed by atoms with E-state index >= 15 is 0 Å². The van der Waals surface area contributed by atoms with Crippen molar-refractivity contribution in [3.8, 4) is 0 Å². The Labute approximate surface area is 171 Å². The second-order valence-electron chi connectivity index (χ2n) is 6.91. The van der Waals surface area contributed by atoms with Crippen LogP contribution in [0.15, 0.2) is 73.1 Å². The standard InChI is InChI=1S/C25H36N2O/c26-25(28)19-17-15-13-11-9-7-5-3-1-2-4-6-8-10-12-14-16-18-24-20-22-27-23-21-24/h1-2,5-8,11,13,20-23H,3-4,9-10,12,14-19H2,(H2,26,28)/b2-1-,7-5-,8-6-,13-11-. The molecule has 1 amide bonds. The molecule has 1 rings (SSSR count). The number of aryl methyl sites for hydroxylation is 1. The van der Waals surface area contributed by atoms with Gasteiger partial charge in [-0.25, -0.2) is 0 Å². The molecule has 3 nitrogen and oxygen atoms in total. The zero-order chi connectivity index (χ0) is 20.1. The van der Waals surface area contributed by atoms with Crippen LogP contribution in [0.3, 0.4) is 0 Å². The molecular weight excluding hydrogens is 344 g/mol. The Kier molecular flexibility index (Phi) is 15.2. The maximum absolute atomic E-state index is 10.6. The van der Waals surface area contributed by atoms with Crippen LogP contribution in [0.5, 0.6) is 0 Å². The molecule has 0 fully saturated rings. The van der Waals surface area contributed by atoms with Gasteiger partial charge in [-0.1, -0.05) is 55.0 Å². The van der Waals surface area contributed by atoms with Crippen LogP contribution >= 0.6 is 0 Å². The minimum atomic E-state index is -0.216. The highest BCUT2D eigenvalue weighted by molar-refractivity contribution is 5.73. The molecule has 1 aromatic heterocycles. The molecule has 0 atom stereocenters. The fourth-order valence-electron chi connectivity index (χ4n) is 2.76. The number of hydrogen-bond donors (Lipinski definition) is 1. The van der Waals surface area contributed by atoms with Crippen LogP contribution in [0, 0.1) is 0 Å². The maximum atomic E-state index is 10.6. The Morgan fingerprint density at radius 2 is 1.29 bits per heavy atom. The van der Waals surface area contributed by atoms with Crippen LogP contribution in [0.25, 0.3) is 0 Å². The quantitative estimate of drug-likeness (QED) is 0.273. The Balaban J connectivity index is 1.89. The normalized spacial score (nSPS) is 12.1. The van der Waals surface area contributed by atoms with Crippen LogP contribution in [0.1, 0.15) is 69.8 Å². The van der Waals surface area contributed by atoms with Crippen molar-refractivity contribution in [3.05, 3.63) is 78.7 Å². The molecule has 1 heterocycles. The smallest absolute Gasteiger partial charge is 0.217 e. The molecule has 1 aromatic rings. The molecule has 0 radical (unpaired) electrons. The fourth-order valence-corrected chi connectivity index (χ4v) is 2.76. The van der Waals surface area contributed by atoms with E-state index in [0.717, 1.165) is 38.5 Å². The van der Waals surface area contributed by atoms with E-state index in [4.69, 9.17) is 5.73 Å². The molecule has 0 saturated carbocycles. The first-order chi connectivity index (χ1) is 13.8. The summed E-state index contributed by atoms with van der Waals surface area (Å²) in [5.41, 5.74) is 6.49. The van der Waals surface area contributed by atoms with E-state index in [-0.39, 0.29) is 5.91 Å². The minimum absolute atomic E-state index is 0.216. The van der Waals surface area contributed by atoms with Gasteiger partial charge < -0.3 is 5.73 Å². The lowest BCUT2D eigenvalue weighted by molar-refractivity contribution is -0.118. The van der Waals surface area contributed by atoms with Gasteiger partial charge >= 0.3 is 0 Å². The molecule has 2 N–H and O–H groups in total. The average molecular weight is 381 g/mol. The van der Waals surface area contributed by atoms with Gasteiger partial charge in [0.05, 0.1) is 0 Å². The largest absolute Gasteiger partial charge is 0.370 e. The number of primary amides is 1. The molecular formula is C25H36N2O. The summed E-state index contributed by atoms with van der Waals surface area (Å²) in [6, 6.07) is 4.21. The van der Waals surface area contributed by atoms with Gasteiger partial charge in [-0.2, -0.15) is 0 Å². The van der Waals surface area contributed by atoms with E-state index in [1.807, 2.05) is 12.4 Å². The predicted molar refractivity (Wildman–Crippen MR) is 120 cm³/mol. The summed E-state index contributed by atoms with van der Waals surface area (Å²) in [7, 11) is 0. The van der Waals surface area contributed by atoms with Gasteiger partial charge in [0.1, 0.15) is 0 Å². The minimum Gasteiger partial charge on any atom is -0.370 e. The highest BCUT2D eigenvalue weighted by Crippen LogP contribution is 2.07. The van der Waals surface area contributed by atoms with Crippen molar-refractivity contribution in [2.75, 3.05) is 0 Å². The number of allylic oxidation sites excluding steroid dienone is 8. The monoisotopic (exact) mass is 380 g/mol. The number of amides is 1. The first kappa shape index (κ1) is 23.6. The number of rotatable bonds is 16. The molecule has 0 aromatic carbocycles. The van der Waals surface area contributed by atoms with Crippen molar-refractivity contribution in [3.63, 3.8) is 0 Å². The summed E-state index contributed by atoms with van der Waals surface area (Å²) in [5.74, 6) is -0.216. The lowest BCUT2D eigenvalue weighted by atomic mass is 10.1. The zero-order valence-electron chi connectivity index (χ0n) is 17.1. The number of hydrogen-bond acceptors (Lipinski definition) is 2. The maximum Gasteiger partial charge on any atom is 0.217 e. The summed E-state index contributed by atoms with van der Waals surface area (Å²) >= 11 is 0. The van der Waals surface area contributed by atoms with Crippen molar-refractivity contribution in [2.24, 2.45) is 5.73 Å². The van der Waals surface area contributed by atoms with Crippen LogP contribution in [-0.4, -0.2) is 10.9 Å². The zero-order valence-corrected chi connectivity index (χ0v) is 17.1. The number of unbranched alkanes of at least 4 members (excludes halogenated alkanes) is 4. The van der Waals surface area contributed by atoms with Crippen molar-refractivity contribution < 1.29 is 4.79 Å². The molecule has 0 aliphatic carbocycles. The Bertz CT molecular complexity index is 615. The number of carbonyl (C=O) groups excluding carboxylic acids is 1. The molecule has 152 valence electrons. The first-order valence-electron chi connectivity index (χ1n) is 10.6. The fraction of sp³-hybridized carbons (Fsp3) is 0.440. The molecule has 0 bridgehead atoms. The van der Waals surface area contributed by atoms with Gasteiger partial charge in [0.25, 0.3) is 0 Å². The third-order valence-corrected chi connectivity index (χ3v) is 4.36. The Hall–Kier alpha value is -2.42. The summed E-state index contributed by atoms with van der Waals surface area (Å²) in [4.78, 5) is 14.6. The highest BCUT2D eigenvalue weighted by atomic mass is 16.1. The van der Waals surface area contributed by atoms with Crippen molar-refractivity contribution in [1.29, 1.82) is 0 Å². The van der Waals surface area contributed by atoms with Crippen molar-refractivity contribution >= 4 is 5.91 Å². The number of nitrogens with zero attached hydrogens (tertiary/aromatic N) is 1. The van der Waals surface area contributed by atoms with Crippen LogP contribution in [0.4, 0.5) is 0 Å². The van der Waals surface area contributed by atoms with Crippen molar-refractivity contribution in [2.45, 2.75) is 70.6 Å². The number of nitrogens with two attached hydrogens (primary N) is 1. The van der Waals surface area contributed by atoms with Crippen LogP contribution in [0.2, 0.25) is 0 Å². The Morgan fingerprint density at radius 3 is 1.86 bits per heavy atom. The first-order valence-corrected chi connectivity index (χ1v) is 10.6. The van der Waals surface area contributed by atoms with E-state index in [2.05, 4.69) is 65.7 Å². The second kappa shape index (κ2) is 18.0. The lowest BCUT2D eigenvalue weighted by Gasteiger charge is -1.99. The van der Waals surface area contributed by atoms with Gasteiger partial charge in [0.2, 0.25) is 5.91 Å². The molecule has 28 heavy (non-hydrogen) atoms. The van der Waals surface area contributed by atoms with E-state index in [1.54, 1.807) is 0 Å². The summed E-state index contributed by atoms with van der Waals surface area (Å²) in [6.45, 7) is 0. The molecule has 0 spiro atoms. The molecule has 0 saturated heterocycles. The summed E-state index contributed by atoms with van der Waals surface area (Å²) in [5, 5.41) is 0. The van der Waals surface area contributed by atoms with Gasteiger partial charge in [0, 0.05) is 18.8 Å². The van der Waals surface area contributed by atoms with E-state index in [9.17, 15) is 4.79 Å². The SMILES string of the molecule is NC(=O)CCC/C=C\C/C=C\C/C=C\C/C=C\CCCCCc1ccncc1. The summed E-state index contributed by atoms with van der Waals surface area (Å²) in [6.07, 6.45) is 32.7. The van der Waals surface area contributed by atoms with Gasteiger partial charge in [-0.05, 0) is 75.5 Å². The molecule has 0 aliphatic rings. The second-order valence-corrected chi connectivity index (χ2v) is 6.91. The number of pyridine rings is 1. The number of carbonyl (C=O) groups is 1. The van der Waals surface area contributed by atoms with Gasteiger partial charge in [0.15, 0.2) is 0 Å². The number of aromatic nitrogens is 1. The lowest BCUT2D eigenvalue weighted by Crippen LogP contribution is -2.09. The molecule has 0 unspecified atom stereocenters. The summed E-state index contributed by atoms with van der Waals surface area (Å²) < 4.78 is 0. The van der Waals surface area contributed by atoms with Crippen LogP contribution < -0.4 is 5.73 Å². The third kappa shape index (κ3) is 15.8. The van der Waals surface area contributed by atoms with E-state index in [1.165, 1.54) is 31.2 Å². The van der Waals surface area contributed by atoms with Crippen LogP contribution in [-0.2, 0) is 11.2 Å². The molecule has 0 aliphatic heterocycles. The highest BCUT2D eigenvalue weighted by Gasteiger charge is 1.92. The molecule has 3 heteroatoms. The predicted octanol–water partition coefficient (Wildman–Crippen LogP) is 6.24. The van der Waals surface area contributed by atoms with E-state index in [0.29, 0.717) is 6.42 Å². The van der Waals surface area contributed by atoms with Gasteiger partial charge in [-0.3, -0.25) is 9.78 Å². The topological polar surface area (TPSA) is 56.0 Å². The van der Waals surface area contributed by atoms with Crippen molar-refractivity contribution in [1.82, 2.24) is 4.98 Å². The van der Waals surface area contributed by atoms with Gasteiger partial charge in [-0.15, -0.1) is 0 Å². The third-order valence-electron chi connectivity index (χ3n) is 4.36. The average Bonchev–Trinajstić information content (AvgIpc) is 2.70. The Morgan fingerprint density at radius 1 is 0.750 bits per heavy atom. The van der Waals surface area contributed by atoms with E-state index < -0.39 is 0 Å².